The average molecular weight is 621 g/mol. The molecule has 3 amide bonds. The van der Waals surface area contributed by atoms with Gasteiger partial charge >= 0.3 is 6.03 Å². The Morgan fingerprint density at radius 1 is 0.810 bits per heavy atom. The Bertz CT molecular complexity index is 766. The van der Waals surface area contributed by atoms with Gasteiger partial charge in [-0.2, -0.15) is 11.8 Å². The summed E-state index contributed by atoms with van der Waals surface area (Å²) in [5, 5.41) is 12.6. The zero-order chi connectivity index (χ0) is 29.9. The van der Waals surface area contributed by atoms with Gasteiger partial charge in [0.25, 0.3) is 0 Å². The lowest BCUT2D eigenvalue weighted by Crippen LogP contribution is -2.36. The molecule has 0 bridgehead atoms. The minimum Gasteiger partial charge on any atom is -0.379 e. The van der Waals surface area contributed by atoms with Crippen LogP contribution in [0.1, 0.15) is 25.7 Å². The minimum absolute atomic E-state index is 0.0424. The van der Waals surface area contributed by atoms with E-state index in [0.29, 0.717) is 117 Å². The molecule has 15 nitrogen and oxygen atoms in total. The van der Waals surface area contributed by atoms with Gasteiger partial charge in [-0.25, -0.2) is 4.79 Å². The predicted octanol–water partition coefficient (Wildman–Crippen LogP) is 1.25. The number of hydrogen-bond acceptors (Lipinski definition) is 11. The maximum absolute atomic E-state index is 12.0. The van der Waals surface area contributed by atoms with E-state index in [0.717, 1.165) is 25.0 Å². The van der Waals surface area contributed by atoms with Crippen molar-refractivity contribution >= 4 is 23.7 Å². The number of nitrogens with zero attached hydrogens (tertiary/aromatic N) is 3. The van der Waals surface area contributed by atoms with Gasteiger partial charge in [-0.05, 0) is 18.4 Å². The van der Waals surface area contributed by atoms with Crippen molar-refractivity contribution in [1.29, 1.82) is 0 Å². The van der Waals surface area contributed by atoms with Crippen LogP contribution in [0.15, 0.2) is 5.11 Å². The van der Waals surface area contributed by atoms with E-state index in [1.54, 1.807) is 0 Å². The molecule has 16 heteroatoms. The van der Waals surface area contributed by atoms with Crippen LogP contribution in [-0.4, -0.2) is 141 Å². The quantitative estimate of drug-likeness (QED) is 0.0362. The maximum Gasteiger partial charge on any atom is 0.315 e. The van der Waals surface area contributed by atoms with Crippen LogP contribution in [0.4, 0.5) is 4.79 Å². The number of urea groups is 1. The third-order valence-electron chi connectivity index (χ3n) is 6.28. The number of rotatable bonds is 29. The number of amides is 3. The van der Waals surface area contributed by atoms with Crippen molar-refractivity contribution in [3.63, 3.8) is 0 Å². The van der Waals surface area contributed by atoms with Crippen LogP contribution < -0.4 is 16.0 Å². The molecule has 3 N–H and O–H groups in total. The lowest BCUT2D eigenvalue weighted by Gasteiger charge is -2.16. The second-order valence-corrected chi connectivity index (χ2v) is 10.7. The normalized spacial score (nSPS) is 19.2. The summed E-state index contributed by atoms with van der Waals surface area (Å²) in [4.78, 5) is 26.1. The Labute approximate surface area is 252 Å². The topological polar surface area (TPSA) is 184 Å². The summed E-state index contributed by atoms with van der Waals surface area (Å²) in [7, 11) is 0. The molecule has 42 heavy (non-hydrogen) atoms. The predicted molar refractivity (Wildman–Crippen MR) is 157 cm³/mol. The molecule has 3 atom stereocenters. The molecule has 2 aliphatic heterocycles. The Kier molecular flexibility index (Phi) is 22.1. The molecule has 2 aliphatic rings. The molecule has 242 valence electrons. The first-order valence-corrected chi connectivity index (χ1v) is 15.8. The van der Waals surface area contributed by atoms with Crippen molar-refractivity contribution < 1.29 is 42.7 Å². The third kappa shape index (κ3) is 18.6. The van der Waals surface area contributed by atoms with Crippen LogP contribution >= 0.6 is 11.8 Å². The van der Waals surface area contributed by atoms with E-state index in [4.69, 9.17) is 38.7 Å². The SMILES string of the molecule is [N-]=[N+]=NCCOCCOCCOCCOCCOCCOCCOCCNC(=O)CCCC[C@@H]1SC[C@H]2NC(=O)N[C@@H]12. The number of carbonyl (C=O) groups is 2. The van der Waals surface area contributed by atoms with Gasteiger partial charge in [0.2, 0.25) is 5.91 Å². The Morgan fingerprint density at radius 3 is 1.88 bits per heavy atom. The zero-order valence-electron chi connectivity index (χ0n) is 24.5. The number of carbonyl (C=O) groups excluding carboxylic acids is 2. The summed E-state index contributed by atoms with van der Waals surface area (Å²) in [6.45, 7) is 7.37. The van der Waals surface area contributed by atoms with Gasteiger partial charge < -0.3 is 49.1 Å². The van der Waals surface area contributed by atoms with E-state index in [2.05, 4.69) is 26.0 Å². The number of thioether (sulfide) groups is 1. The van der Waals surface area contributed by atoms with Gasteiger partial charge in [0.15, 0.2) is 0 Å². The van der Waals surface area contributed by atoms with Crippen LogP contribution in [-0.2, 0) is 38.0 Å². The molecule has 2 saturated heterocycles. The molecule has 0 aromatic carbocycles. The highest BCUT2D eigenvalue weighted by Crippen LogP contribution is 2.33. The standard InChI is InChI=1S/C26H48N6O9S/c27-32-29-6-8-36-10-12-38-14-16-40-18-20-41-19-17-39-15-13-37-11-9-35-7-5-28-24(33)4-2-1-3-23-25-22(21-42-23)30-26(34)31-25/h22-23,25H,1-21H2,(H,28,33)(H2,30,31,34)/t22-,23+,25-/m1/s1. The highest BCUT2D eigenvalue weighted by molar-refractivity contribution is 8.00. The molecule has 0 aromatic heterocycles. The minimum atomic E-state index is -0.0609. The maximum atomic E-state index is 12.0. The summed E-state index contributed by atoms with van der Waals surface area (Å²) in [6, 6.07) is 0.411. The van der Waals surface area contributed by atoms with E-state index < -0.39 is 0 Å². The number of ether oxygens (including phenoxy) is 7. The summed E-state index contributed by atoms with van der Waals surface area (Å²) in [6.07, 6.45) is 3.34. The molecular formula is C26H48N6O9S. The summed E-state index contributed by atoms with van der Waals surface area (Å²) >= 11 is 1.90. The number of hydrogen-bond donors (Lipinski definition) is 3. The lowest BCUT2D eigenvalue weighted by molar-refractivity contribution is -0.121. The summed E-state index contributed by atoms with van der Waals surface area (Å²) in [5.74, 6) is 1.00. The smallest absolute Gasteiger partial charge is 0.315 e. The van der Waals surface area contributed by atoms with E-state index in [9.17, 15) is 9.59 Å². The van der Waals surface area contributed by atoms with Crippen LogP contribution in [0.2, 0.25) is 0 Å². The number of nitrogens with one attached hydrogen (secondary N) is 3. The lowest BCUT2D eigenvalue weighted by atomic mass is 10.0. The van der Waals surface area contributed by atoms with Crippen LogP contribution in [0.25, 0.3) is 10.4 Å². The largest absolute Gasteiger partial charge is 0.379 e. The van der Waals surface area contributed by atoms with Gasteiger partial charge in [-0.1, -0.05) is 11.5 Å². The fourth-order valence-corrected chi connectivity index (χ4v) is 5.74. The van der Waals surface area contributed by atoms with Crippen molar-refractivity contribution in [2.75, 3.05) is 111 Å². The summed E-state index contributed by atoms with van der Waals surface area (Å²) in [5.41, 5.74) is 8.13. The van der Waals surface area contributed by atoms with Gasteiger partial charge in [-0.3, -0.25) is 4.79 Å². The highest BCUT2D eigenvalue weighted by atomic mass is 32.2. The zero-order valence-corrected chi connectivity index (χ0v) is 25.3. The number of fused-ring (bicyclic) bond motifs is 1. The Balaban J connectivity index is 1.20. The van der Waals surface area contributed by atoms with Crippen molar-refractivity contribution in [2.24, 2.45) is 5.11 Å². The fraction of sp³-hybridized carbons (Fsp3) is 0.923. The van der Waals surface area contributed by atoms with Gasteiger partial charge in [-0.15, -0.1) is 0 Å². The fourth-order valence-electron chi connectivity index (χ4n) is 4.20. The molecule has 0 unspecified atom stereocenters. The number of azide groups is 1. The molecule has 0 spiro atoms. The second-order valence-electron chi connectivity index (χ2n) is 9.46. The molecule has 0 aliphatic carbocycles. The Morgan fingerprint density at radius 2 is 1.33 bits per heavy atom. The van der Waals surface area contributed by atoms with Gasteiger partial charge in [0.1, 0.15) is 0 Å². The first-order valence-electron chi connectivity index (χ1n) is 14.7. The molecule has 0 radical (unpaired) electrons. The number of unbranched alkanes of at least 4 members (excludes halogenated alkanes) is 1. The molecule has 2 heterocycles. The van der Waals surface area contributed by atoms with E-state index in [1.165, 1.54) is 0 Å². The highest BCUT2D eigenvalue weighted by Gasteiger charge is 2.42. The van der Waals surface area contributed by atoms with Crippen molar-refractivity contribution in [3.05, 3.63) is 10.4 Å². The van der Waals surface area contributed by atoms with Crippen LogP contribution in [0.3, 0.4) is 0 Å². The van der Waals surface area contributed by atoms with Gasteiger partial charge in [0.05, 0.1) is 105 Å². The second kappa shape index (κ2) is 25.6. The molecule has 2 fully saturated rings. The first-order chi connectivity index (χ1) is 20.7. The Hall–Kier alpha value is -1.88. The average Bonchev–Trinajstić information content (AvgIpc) is 3.54. The molecular weight excluding hydrogens is 572 g/mol. The van der Waals surface area contributed by atoms with Crippen LogP contribution in [0, 0.1) is 0 Å². The third-order valence-corrected chi connectivity index (χ3v) is 7.79. The molecule has 0 aromatic rings. The van der Waals surface area contributed by atoms with Crippen molar-refractivity contribution in [1.82, 2.24) is 16.0 Å². The van der Waals surface area contributed by atoms with Crippen LogP contribution in [0.5, 0.6) is 0 Å². The van der Waals surface area contributed by atoms with Crippen molar-refractivity contribution in [2.45, 2.75) is 43.0 Å². The van der Waals surface area contributed by atoms with E-state index in [1.807, 2.05) is 11.8 Å². The molecule has 0 saturated carbocycles. The first kappa shape index (κ1) is 36.3. The monoisotopic (exact) mass is 620 g/mol. The van der Waals surface area contributed by atoms with E-state index in [-0.39, 0.29) is 24.0 Å². The van der Waals surface area contributed by atoms with Gasteiger partial charge in [0, 0.05) is 35.4 Å². The summed E-state index contributed by atoms with van der Waals surface area (Å²) < 4.78 is 37.8. The molecule has 2 rings (SSSR count). The van der Waals surface area contributed by atoms with Crippen molar-refractivity contribution in [3.8, 4) is 0 Å². The van der Waals surface area contributed by atoms with E-state index >= 15 is 0 Å².